The third-order valence-corrected chi connectivity index (χ3v) is 5.28. The van der Waals surface area contributed by atoms with Gasteiger partial charge in [-0.15, -0.1) is 0 Å². The Kier molecular flexibility index (Phi) is 3.96. The van der Waals surface area contributed by atoms with Gasteiger partial charge in [0.1, 0.15) is 0 Å². The second-order valence-electron chi connectivity index (χ2n) is 4.98. The Morgan fingerprint density at radius 3 is 2.55 bits per heavy atom. The van der Waals surface area contributed by atoms with Crippen molar-refractivity contribution >= 4 is 10.0 Å². The van der Waals surface area contributed by atoms with Crippen molar-refractivity contribution in [1.29, 1.82) is 0 Å². The van der Waals surface area contributed by atoms with Gasteiger partial charge in [-0.3, -0.25) is 4.68 Å². The van der Waals surface area contributed by atoms with Crippen LogP contribution in [0.4, 0.5) is 0 Å². The van der Waals surface area contributed by atoms with E-state index in [4.69, 9.17) is 0 Å². The SMILES string of the molecule is Cc1ccc(C)c(S(=O)(=O)N(C)Cc2ccnn2C)c1. The predicted octanol–water partition coefficient (Wildman–Crippen LogP) is 1.86. The molecule has 0 fully saturated rings. The molecule has 0 saturated heterocycles. The summed E-state index contributed by atoms with van der Waals surface area (Å²) < 4.78 is 28.3. The molecule has 0 amide bonds. The Hall–Kier alpha value is -1.66. The Labute approximate surface area is 119 Å². The molecular weight excluding hydrogens is 274 g/mol. The van der Waals surface area contributed by atoms with Crippen LogP contribution in [0.2, 0.25) is 0 Å². The molecule has 0 bridgehead atoms. The third-order valence-electron chi connectivity index (χ3n) is 3.34. The van der Waals surface area contributed by atoms with Gasteiger partial charge in [0.05, 0.1) is 17.1 Å². The average Bonchev–Trinajstić information content (AvgIpc) is 2.78. The summed E-state index contributed by atoms with van der Waals surface area (Å²) in [5.41, 5.74) is 2.54. The van der Waals surface area contributed by atoms with Crippen LogP contribution in [0.15, 0.2) is 35.4 Å². The first kappa shape index (κ1) is 14.7. The van der Waals surface area contributed by atoms with E-state index in [2.05, 4.69) is 5.10 Å². The molecule has 0 saturated carbocycles. The number of nitrogens with zero attached hydrogens (tertiary/aromatic N) is 3. The second kappa shape index (κ2) is 5.38. The van der Waals surface area contributed by atoms with Crippen molar-refractivity contribution < 1.29 is 8.42 Å². The van der Waals surface area contributed by atoms with Gasteiger partial charge in [-0.05, 0) is 37.1 Å². The van der Waals surface area contributed by atoms with E-state index in [0.29, 0.717) is 11.4 Å². The van der Waals surface area contributed by atoms with Gasteiger partial charge in [0.25, 0.3) is 0 Å². The molecule has 0 aliphatic heterocycles. The van der Waals surface area contributed by atoms with Gasteiger partial charge in [-0.2, -0.15) is 9.40 Å². The normalized spacial score (nSPS) is 12.1. The van der Waals surface area contributed by atoms with Crippen LogP contribution in [-0.2, 0) is 23.6 Å². The predicted molar refractivity (Wildman–Crippen MR) is 77.8 cm³/mol. The number of hydrogen-bond acceptors (Lipinski definition) is 3. The van der Waals surface area contributed by atoms with E-state index < -0.39 is 10.0 Å². The van der Waals surface area contributed by atoms with Crippen LogP contribution >= 0.6 is 0 Å². The molecule has 0 aliphatic carbocycles. The van der Waals surface area contributed by atoms with E-state index in [1.54, 1.807) is 31.0 Å². The van der Waals surface area contributed by atoms with Crippen molar-refractivity contribution in [1.82, 2.24) is 14.1 Å². The second-order valence-corrected chi connectivity index (χ2v) is 6.99. The number of rotatable bonds is 4. The van der Waals surface area contributed by atoms with Crippen LogP contribution in [0.25, 0.3) is 0 Å². The van der Waals surface area contributed by atoms with E-state index in [1.165, 1.54) is 4.31 Å². The van der Waals surface area contributed by atoms with Gasteiger partial charge in [-0.1, -0.05) is 12.1 Å². The molecule has 2 aromatic rings. The molecule has 0 unspecified atom stereocenters. The van der Waals surface area contributed by atoms with E-state index >= 15 is 0 Å². The minimum atomic E-state index is -3.49. The van der Waals surface area contributed by atoms with Crippen LogP contribution < -0.4 is 0 Å². The van der Waals surface area contributed by atoms with Gasteiger partial charge in [0, 0.05) is 20.3 Å². The lowest BCUT2D eigenvalue weighted by molar-refractivity contribution is 0.452. The number of benzene rings is 1. The fraction of sp³-hybridized carbons (Fsp3) is 0.357. The Bertz CT molecular complexity index is 720. The first-order chi connectivity index (χ1) is 9.32. The van der Waals surface area contributed by atoms with Crippen LogP contribution in [0.1, 0.15) is 16.8 Å². The highest BCUT2D eigenvalue weighted by Gasteiger charge is 2.23. The molecule has 5 nitrogen and oxygen atoms in total. The summed E-state index contributed by atoms with van der Waals surface area (Å²) in [6, 6.07) is 7.27. The molecular formula is C14H19N3O2S. The zero-order valence-electron chi connectivity index (χ0n) is 12.2. The fourth-order valence-electron chi connectivity index (χ4n) is 2.02. The van der Waals surface area contributed by atoms with Crippen molar-refractivity contribution in [3.63, 3.8) is 0 Å². The number of hydrogen-bond donors (Lipinski definition) is 0. The van der Waals surface area contributed by atoms with E-state index in [0.717, 1.165) is 16.8 Å². The van der Waals surface area contributed by atoms with Crippen LogP contribution in [0.5, 0.6) is 0 Å². The largest absolute Gasteiger partial charge is 0.271 e. The molecule has 6 heteroatoms. The topological polar surface area (TPSA) is 55.2 Å². The van der Waals surface area contributed by atoms with Crippen LogP contribution in [-0.4, -0.2) is 29.6 Å². The lowest BCUT2D eigenvalue weighted by Gasteiger charge is -2.19. The highest BCUT2D eigenvalue weighted by molar-refractivity contribution is 7.89. The summed E-state index contributed by atoms with van der Waals surface area (Å²) in [5, 5.41) is 4.05. The Balaban J connectivity index is 2.35. The molecule has 0 aliphatic rings. The molecule has 2 rings (SSSR count). The molecule has 1 aromatic heterocycles. The van der Waals surface area contributed by atoms with Gasteiger partial charge in [0.2, 0.25) is 10.0 Å². The summed E-state index contributed by atoms with van der Waals surface area (Å²) >= 11 is 0. The van der Waals surface area contributed by atoms with Crippen molar-refractivity contribution in [2.24, 2.45) is 7.05 Å². The first-order valence-corrected chi connectivity index (χ1v) is 7.77. The van der Waals surface area contributed by atoms with Gasteiger partial charge in [-0.25, -0.2) is 8.42 Å². The summed E-state index contributed by atoms with van der Waals surface area (Å²) in [7, 11) is -0.106. The summed E-state index contributed by atoms with van der Waals surface area (Å²) in [6.07, 6.45) is 1.66. The fourth-order valence-corrected chi connectivity index (χ4v) is 3.47. The van der Waals surface area contributed by atoms with E-state index in [1.807, 2.05) is 32.0 Å². The van der Waals surface area contributed by atoms with Crippen molar-refractivity contribution in [3.8, 4) is 0 Å². The van der Waals surface area contributed by atoms with Gasteiger partial charge in [0.15, 0.2) is 0 Å². The van der Waals surface area contributed by atoms with Crippen molar-refractivity contribution in [2.45, 2.75) is 25.3 Å². The van der Waals surface area contributed by atoms with Gasteiger partial charge >= 0.3 is 0 Å². The maximum atomic E-state index is 12.6. The first-order valence-electron chi connectivity index (χ1n) is 6.33. The van der Waals surface area contributed by atoms with Crippen LogP contribution in [0, 0.1) is 13.8 Å². The lowest BCUT2D eigenvalue weighted by atomic mass is 10.2. The molecule has 0 N–H and O–H groups in total. The molecule has 20 heavy (non-hydrogen) atoms. The minimum Gasteiger partial charge on any atom is -0.271 e. The molecule has 0 radical (unpaired) electrons. The zero-order valence-corrected chi connectivity index (χ0v) is 13.0. The summed E-state index contributed by atoms with van der Waals surface area (Å²) in [5.74, 6) is 0. The van der Waals surface area contributed by atoms with E-state index in [-0.39, 0.29) is 0 Å². The highest BCUT2D eigenvalue weighted by Crippen LogP contribution is 2.21. The summed E-state index contributed by atoms with van der Waals surface area (Å²) in [4.78, 5) is 0.363. The monoisotopic (exact) mass is 293 g/mol. The highest BCUT2D eigenvalue weighted by atomic mass is 32.2. The van der Waals surface area contributed by atoms with Crippen molar-refractivity contribution in [2.75, 3.05) is 7.05 Å². The van der Waals surface area contributed by atoms with Crippen LogP contribution in [0.3, 0.4) is 0 Å². The zero-order chi connectivity index (χ0) is 14.9. The summed E-state index contributed by atoms with van der Waals surface area (Å²) in [6.45, 7) is 4.00. The molecule has 0 atom stereocenters. The molecule has 1 heterocycles. The quantitative estimate of drug-likeness (QED) is 0.864. The van der Waals surface area contributed by atoms with E-state index in [9.17, 15) is 8.42 Å². The Morgan fingerprint density at radius 2 is 1.95 bits per heavy atom. The molecule has 0 spiro atoms. The minimum absolute atomic E-state index is 0.298. The third kappa shape index (κ3) is 2.76. The lowest BCUT2D eigenvalue weighted by Crippen LogP contribution is -2.28. The van der Waals surface area contributed by atoms with Crippen molar-refractivity contribution in [3.05, 3.63) is 47.3 Å². The standard InChI is InChI=1S/C14H19N3O2S/c1-11-5-6-12(2)14(9-11)20(18,19)16(3)10-13-7-8-15-17(13)4/h5-9H,10H2,1-4H3. The molecule has 1 aromatic carbocycles. The number of aromatic nitrogens is 2. The average molecular weight is 293 g/mol. The maximum absolute atomic E-state index is 12.6. The molecule has 108 valence electrons. The Morgan fingerprint density at radius 1 is 1.25 bits per heavy atom. The van der Waals surface area contributed by atoms with Gasteiger partial charge < -0.3 is 0 Å². The number of aryl methyl sites for hydroxylation is 3. The smallest absolute Gasteiger partial charge is 0.243 e. The maximum Gasteiger partial charge on any atom is 0.243 e. The number of sulfonamides is 1.